The number of hydrogen-bond acceptors (Lipinski definition) is 1. The Hall–Kier alpha value is -1.83. The number of H-pyrrole nitrogens is 1. The molecule has 2 aromatic rings. The number of para-hydroxylation sites is 1. The second-order valence-corrected chi connectivity index (χ2v) is 3.09. The van der Waals surface area contributed by atoms with Crippen LogP contribution >= 0.6 is 0 Å². The third kappa shape index (κ3) is 1.25. The van der Waals surface area contributed by atoms with E-state index in [9.17, 15) is 0 Å². The number of aromatic nitrogens is 2. The lowest BCUT2D eigenvalue weighted by Crippen LogP contribution is -1.82. The molecule has 2 rings (SSSR count). The zero-order valence-corrected chi connectivity index (χ0v) is 8.12. The van der Waals surface area contributed by atoms with Gasteiger partial charge in [-0.3, -0.25) is 5.10 Å². The van der Waals surface area contributed by atoms with Gasteiger partial charge in [0.05, 0.1) is 11.7 Å². The van der Waals surface area contributed by atoms with Crippen molar-refractivity contribution in [1.29, 1.82) is 0 Å². The van der Waals surface area contributed by atoms with Crippen molar-refractivity contribution in [2.75, 3.05) is 0 Å². The highest BCUT2D eigenvalue weighted by Crippen LogP contribution is 2.23. The Morgan fingerprint density at radius 3 is 3.07 bits per heavy atom. The molecule has 1 aromatic carbocycles. The third-order valence-corrected chi connectivity index (χ3v) is 2.32. The Morgan fingerprint density at radius 1 is 1.50 bits per heavy atom. The van der Waals surface area contributed by atoms with Crippen LogP contribution in [-0.2, 0) is 0 Å². The van der Waals surface area contributed by atoms with Crippen LogP contribution in [0.3, 0.4) is 0 Å². The Morgan fingerprint density at radius 2 is 2.36 bits per heavy atom. The van der Waals surface area contributed by atoms with Gasteiger partial charge in [0.15, 0.2) is 0 Å². The molecule has 1 N–H and O–H groups in total. The summed E-state index contributed by atoms with van der Waals surface area (Å²) in [6.07, 6.45) is 5.73. The van der Waals surface area contributed by atoms with Crippen LogP contribution in [-0.4, -0.2) is 10.2 Å². The minimum atomic E-state index is 1.07. The Labute approximate surface area is 83.0 Å². The number of benzene rings is 1. The summed E-state index contributed by atoms with van der Waals surface area (Å²) >= 11 is 0. The topological polar surface area (TPSA) is 28.7 Å². The second kappa shape index (κ2) is 3.50. The van der Waals surface area contributed by atoms with Crippen molar-refractivity contribution in [3.63, 3.8) is 0 Å². The summed E-state index contributed by atoms with van der Waals surface area (Å²) in [4.78, 5) is 0. The van der Waals surface area contributed by atoms with Gasteiger partial charge in [0.1, 0.15) is 0 Å². The molecule has 1 aromatic heterocycles. The molecule has 2 heteroatoms. The van der Waals surface area contributed by atoms with E-state index in [1.54, 1.807) is 0 Å². The predicted molar refractivity (Wildman–Crippen MR) is 59.9 cm³/mol. The summed E-state index contributed by atoms with van der Waals surface area (Å²) in [5.74, 6) is 0. The van der Waals surface area contributed by atoms with Crippen molar-refractivity contribution >= 4 is 16.5 Å². The lowest BCUT2D eigenvalue weighted by molar-refractivity contribution is 1.12. The van der Waals surface area contributed by atoms with E-state index in [1.807, 2.05) is 37.4 Å². The van der Waals surface area contributed by atoms with Gasteiger partial charge in [-0.05, 0) is 12.5 Å². The number of allylic oxidation sites excluding steroid dienone is 3. The molecule has 14 heavy (non-hydrogen) atoms. The maximum absolute atomic E-state index is 4.03. The molecule has 0 unspecified atom stereocenters. The smallest absolute Gasteiger partial charge is 0.0728 e. The normalized spacial score (nSPS) is 11.9. The lowest BCUT2D eigenvalue weighted by atomic mass is 10.0. The summed E-state index contributed by atoms with van der Waals surface area (Å²) < 4.78 is 0. The van der Waals surface area contributed by atoms with E-state index >= 15 is 0 Å². The van der Waals surface area contributed by atoms with Crippen LogP contribution in [0.5, 0.6) is 0 Å². The summed E-state index contributed by atoms with van der Waals surface area (Å²) in [5.41, 5.74) is 3.35. The van der Waals surface area contributed by atoms with Gasteiger partial charge in [0, 0.05) is 10.9 Å². The van der Waals surface area contributed by atoms with Crippen molar-refractivity contribution in [3.05, 3.63) is 48.7 Å². The van der Waals surface area contributed by atoms with Gasteiger partial charge < -0.3 is 0 Å². The van der Waals surface area contributed by atoms with Crippen LogP contribution in [0, 0.1) is 0 Å². The van der Waals surface area contributed by atoms with Crippen LogP contribution < -0.4 is 0 Å². The van der Waals surface area contributed by atoms with Crippen molar-refractivity contribution in [2.45, 2.75) is 6.92 Å². The van der Waals surface area contributed by atoms with Gasteiger partial charge in [-0.1, -0.05) is 36.9 Å². The second-order valence-electron chi connectivity index (χ2n) is 3.09. The molecule has 0 saturated heterocycles. The highest BCUT2D eigenvalue weighted by molar-refractivity contribution is 5.92. The molecule has 0 aliphatic rings. The van der Waals surface area contributed by atoms with Gasteiger partial charge >= 0.3 is 0 Å². The van der Waals surface area contributed by atoms with Gasteiger partial charge in [-0.2, -0.15) is 5.10 Å². The maximum Gasteiger partial charge on any atom is 0.0728 e. The first-order chi connectivity index (χ1) is 6.86. The fourth-order valence-electron chi connectivity index (χ4n) is 1.59. The molecule has 0 fully saturated rings. The molecule has 0 saturated carbocycles. The summed E-state index contributed by atoms with van der Waals surface area (Å²) in [6.45, 7) is 5.80. The molecular formula is C12H12N2. The average Bonchev–Trinajstić information content (AvgIpc) is 2.68. The quantitative estimate of drug-likeness (QED) is 0.713. The molecule has 0 aliphatic carbocycles. The van der Waals surface area contributed by atoms with E-state index in [2.05, 4.69) is 22.8 Å². The molecule has 0 aliphatic heterocycles. The monoisotopic (exact) mass is 184 g/mol. The zero-order chi connectivity index (χ0) is 9.97. The first-order valence-electron chi connectivity index (χ1n) is 4.58. The standard InChI is InChI=1S/C12H12N2/c1-3-9(4-2)11-7-5-6-10-8-13-14-12(10)11/h3-8H,1H2,2H3,(H,13,14)/b9-4+. The van der Waals surface area contributed by atoms with Crippen LogP contribution in [0.2, 0.25) is 0 Å². The van der Waals surface area contributed by atoms with Crippen molar-refractivity contribution < 1.29 is 0 Å². The van der Waals surface area contributed by atoms with Gasteiger partial charge in [-0.15, -0.1) is 0 Å². The van der Waals surface area contributed by atoms with E-state index in [-0.39, 0.29) is 0 Å². The maximum atomic E-state index is 4.03. The predicted octanol–water partition coefficient (Wildman–Crippen LogP) is 3.15. The number of hydrogen-bond donors (Lipinski definition) is 1. The Kier molecular flexibility index (Phi) is 2.19. The number of nitrogens with zero attached hydrogens (tertiary/aromatic N) is 1. The van der Waals surface area contributed by atoms with Gasteiger partial charge in [0.2, 0.25) is 0 Å². The van der Waals surface area contributed by atoms with Crippen molar-refractivity contribution in [1.82, 2.24) is 10.2 Å². The van der Waals surface area contributed by atoms with Crippen LogP contribution in [0.4, 0.5) is 0 Å². The van der Waals surface area contributed by atoms with Crippen LogP contribution in [0.1, 0.15) is 12.5 Å². The first kappa shape index (κ1) is 8.75. The minimum absolute atomic E-state index is 1.07. The van der Waals surface area contributed by atoms with E-state index in [4.69, 9.17) is 0 Å². The molecule has 0 radical (unpaired) electrons. The van der Waals surface area contributed by atoms with Crippen LogP contribution in [0.15, 0.2) is 43.1 Å². The number of fused-ring (bicyclic) bond motifs is 1. The van der Waals surface area contributed by atoms with Crippen LogP contribution in [0.25, 0.3) is 16.5 Å². The summed E-state index contributed by atoms with van der Waals surface area (Å²) in [6, 6.07) is 6.14. The van der Waals surface area contributed by atoms with E-state index in [0.717, 1.165) is 22.0 Å². The molecule has 0 spiro atoms. The fraction of sp³-hybridized carbons (Fsp3) is 0.0833. The Bertz CT molecular complexity index is 492. The van der Waals surface area contributed by atoms with E-state index in [1.165, 1.54) is 0 Å². The number of nitrogens with one attached hydrogen (secondary N) is 1. The summed E-state index contributed by atoms with van der Waals surface area (Å²) in [7, 11) is 0. The van der Waals surface area contributed by atoms with Crippen molar-refractivity contribution in [2.24, 2.45) is 0 Å². The fourth-order valence-corrected chi connectivity index (χ4v) is 1.59. The molecule has 0 amide bonds. The molecular weight excluding hydrogens is 172 g/mol. The van der Waals surface area contributed by atoms with E-state index in [0.29, 0.717) is 0 Å². The number of aromatic amines is 1. The molecule has 70 valence electrons. The number of rotatable bonds is 2. The van der Waals surface area contributed by atoms with Gasteiger partial charge in [-0.25, -0.2) is 0 Å². The SMILES string of the molecule is C=C/C(=C\C)c1cccc2cn[nH]c12. The largest absolute Gasteiger partial charge is 0.277 e. The molecule has 2 nitrogen and oxygen atoms in total. The zero-order valence-electron chi connectivity index (χ0n) is 8.12. The average molecular weight is 184 g/mol. The molecule has 1 heterocycles. The first-order valence-corrected chi connectivity index (χ1v) is 4.58. The van der Waals surface area contributed by atoms with E-state index < -0.39 is 0 Å². The Balaban J connectivity index is 2.73. The minimum Gasteiger partial charge on any atom is -0.277 e. The van der Waals surface area contributed by atoms with Crippen molar-refractivity contribution in [3.8, 4) is 0 Å². The van der Waals surface area contributed by atoms with Gasteiger partial charge in [0.25, 0.3) is 0 Å². The highest BCUT2D eigenvalue weighted by atomic mass is 15.1. The summed E-state index contributed by atoms with van der Waals surface area (Å²) in [5, 5.41) is 8.15. The molecule has 0 bridgehead atoms. The highest BCUT2D eigenvalue weighted by Gasteiger charge is 2.03. The molecule has 0 atom stereocenters. The third-order valence-electron chi connectivity index (χ3n) is 2.32. The lowest BCUT2D eigenvalue weighted by Gasteiger charge is -2.02.